The van der Waals surface area contributed by atoms with Gasteiger partial charge in [0.1, 0.15) is 0 Å². The Bertz CT molecular complexity index is 208. The van der Waals surface area contributed by atoms with Gasteiger partial charge in [-0.1, -0.05) is 13.3 Å². The fraction of sp³-hybridized carbons (Fsp3) is 1.00. The molecule has 1 unspecified atom stereocenters. The van der Waals surface area contributed by atoms with Crippen molar-refractivity contribution in [2.75, 3.05) is 39.3 Å². The molecule has 0 bridgehead atoms. The topological polar surface area (TPSA) is 32.5 Å². The Morgan fingerprint density at radius 3 is 2.29 bits per heavy atom. The fourth-order valence-corrected chi connectivity index (χ4v) is 2.72. The summed E-state index contributed by atoms with van der Waals surface area (Å²) >= 11 is 0. The van der Waals surface area contributed by atoms with Crippen LogP contribution in [-0.4, -0.2) is 55.1 Å². The molecule has 1 saturated carbocycles. The van der Waals surface area contributed by atoms with Crippen LogP contribution in [0, 0.1) is 5.92 Å². The number of hydrogen-bond donors (Lipinski definition) is 1. The third-order valence-corrected chi connectivity index (χ3v) is 4.15. The average Bonchev–Trinajstić information content (AvgIpc) is 3.13. The number of nitrogens with zero attached hydrogens (tertiary/aromatic N) is 2. The molecule has 0 aromatic carbocycles. The quantitative estimate of drug-likeness (QED) is 0.731. The van der Waals surface area contributed by atoms with Crippen LogP contribution in [0.5, 0.6) is 0 Å². The van der Waals surface area contributed by atoms with Gasteiger partial charge in [-0.2, -0.15) is 0 Å². The van der Waals surface area contributed by atoms with Crippen LogP contribution in [0.3, 0.4) is 0 Å². The fourth-order valence-electron chi connectivity index (χ4n) is 2.72. The zero-order valence-electron chi connectivity index (χ0n) is 11.4. The van der Waals surface area contributed by atoms with Gasteiger partial charge in [-0.25, -0.2) is 0 Å². The molecule has 100 valence electrons. The Hall–Kier alpha value is -0.120. The molecule has 2 fully saturated rings. The standard InChI is InChI=1S/C14H29N3/c1-2-3-14(15)6-7-16-8-10-17(11-9-16)12-13-4-5-13/h13-14H,2-12,15H2,1H3. The van der Waals surface area contributed by atoms with E-state index in [4.69, 9.17) is 5.73 Å². The van der Waals surface area contributed by atoms with Gasteiger partial charge in [0.25, 0.3) is 0 Å². The lowest BCUT2D eigenvalue weighted by Gasteiger charge is -2.35. The summed E-state index contributed by atoms with van der Waals surface area (Å²) in [5.74, 6) is 1.04. The minimum absolute atomic E-state index is 0.421. The molecular formula is C14H29N3. The summed E-state index contributed by atoms with van der Waals surface area (Å²) < 4.78 is 0. The number of piperazine rings is 1. The van der Waals surface area contributed by atoms with Crippen molar-refractivity contribution in [3.05, 3.63) is 0 Å². The average molecular weight is 239 g/mol. The summed E-state index contributed by atoms with van der Waals surface area (Å²) in [6.45, 7) is 9.86. The molecule has 0 amide bonds. The van der Waals surface area contributed by atoms with Crippen LogP contribution in [-0.2, 0) is 0 Å². The number of nitrogens with two attached hydrogens (primary N) is 1. The van der Waals surface area contributed by atoms with E-state index in [9.17, 15) is 0 Å². The van der Waals surface area contributed by atoms with E-state index in [0.29, 0.717) is 6.04 Å². The molecule has 1 heterocycles. The second-order valence-electron chi connectivity index (χ2n) is 5.92. The molecule has 0 aromatic heterocycles. The highest BCUT2D eigenvalue weighted by atomic mass is 15.3. The summed E-state index contributed by atoms with van der Waals surface area (Å²) in [5.41, 5.74) is 6.07. The molecule has 2 rings (SSSR count). The van der Waals surface area contributed by atoms with Gasteiger partial charge in [-0.15, -0.1) is 0 Å². The second kappa shape index (κ2) is 6.72. The maximum Gasteiger partial charge on any atom is 0.0110 e. The van der Waals surface area contributed by atoms with Crippen molar-refractivity contribution in [1.82, 2.24) is 9.80 Å². The number of hydrogen-bond acceptors (Lipinski definition) is 3. The Labute approximate surface area is 106 Å². The van der Waals surface area contributed by atoms with Gasteiger partial charge in [-0.3, -0.25) is 0 Å². The molecule has 0 spiro atoms. The van der Waals surface area contributed by atoms with Crippen LogP contribution in [0.2, 0.25) is 0 Å². The molecule has 1 saturated heterocycles. The maximum atomic E-state index is 6.07. The predicted molar refractivity (Wildman–Crippen MR) is 73.1 cm³/mol. The Morgan fingerprint density at radius 1 is 1.06 bits per heavy atom. The largest absolute Gasteiger partial charge is 0.328 e. The van der Waals surface area contributed by atoms with E-state index < -0.39 is 0 Å². The molecule has 3 heteroatoms. The highest BCUT2D eigenvalue weighted by Gasteiger charge is 2.26. The maximum absolute atomic E-state index is 6.07. The van der Waals surface area contributed by atoms with Gasteiger partial charge in [0.15, 0.2) is 0 Å². The van der Waals surface area contributed by atoms with Crippen LogP contribution in [0.4, 0.5) is 0 Å². The Kier molecular flexibility index (Phi) is 5.26. The molecule has 17 heavy (non-hydrogen) atoms. The zero-order chi connectivity index (χ0) is 12.1. The van der Waals surface area contributed by atoms with Gasteiger partial charge in [0.05, 0.1) is 0 Å². The first-order valence-electron chi connectivity index (χ1n) is 7.48. The predicted octanol–water partition coefficient (Wildman–Crippen LogP) is 1.53. The zero-order valence-corrected chi connectivity index (χ0v) is 11.4. The van der Waals surface area contributed by atoms with Crippen molar-refractivity contribution in [3.8, 4) is 0 Å². The molecule has 3 nitrogen and oxygen atoms in total. The Balaban J connectivity index is 1.55. The molecule has 2 aliphatic rings. The normalized spacial score (nSPS) is 25.1. The molecule has 1 atom stereocenters. The van der Waals surface area contributed by atoms with Crippen LogP contribution in [0.1, 0.15) is 39.0 Å². The molecular weight excluding hydrogens is 210 g/mol. The first-order chi connectivity index (χ1) is 8.28. The lowest BCUT2D eigenvalue weighted by atomic mass is 10.1. The monoisotopic (exact) mass is 239 g/mol. The third kappa shape index (κ3) is 4.94. The first kappa shape index (κ1) is 13.3. The van der Waals surface area contributed by atoms with Gasteiger partial charge in [-0.05, 0) is 38.1 Å². The smallest absolute Gasteiger partial charge is 0.0110 e. The van der Waals surface area contributed by atoms with Crippen molar-refractivity contribution in [3.63, 3.8) is 0 Å². The molecule has 2 N–H and O–H groups in total. The van der Waals surface area contributed by atoms with Gasteiger partial charge < -0.3 is 15.5 Å². The summed E-state index contributed by atoms with van der Waals surface area (Å²) in [5, 5.41) is 0. The minimum Gasteiger partial charge on any atom is -0.328 e. The lowest BCUT2D eigenvalue weighted by Crippen LogP contribution is -2.47. The number of rotatable bonds is 7. The van der Waals surface area contributed by atoms with E-state index >= 15 is 0 Å². The van der Waals surface area contributed by atoms with E-state index in [1.165, 1.54) is 71.4 Å². The highest BCUT2D eigenvalue weighted by molar-refractivity contribution is 4.80. The van der Waals surface area contributed by atoms with Gasteiger partial charge >= 0.3 is 0 Å². The van der Waals surface area contributed by atoms with E-state index in [1.54, 1.807) is 0 Å². The first-order valence-corrected chi connectivity index (χ1v) is 7.48. The van der Waals surface area contributed by atoms with Gasteiger partial charge in [0, 0.05) is 38.8 Å². The van der Waals surface area contributed by atoms with Crippen LogP contribution < -0.4 is 5.73 Å². The molecule has 0 aromatic rings. The van der Waals surface area contributed by atoms with Crippen molar-refractivity contribution in [2.24, 2.45) is 11.7 Å². The van der Waals surface area contributed by atoms with Crippen molar-refractivity contribution in [2.45, 2.75) is 45.1 Å². The van der Waals surface area contributed by atoms with Gasteiger partial charge in [0.2, 0.25) is 0 Å². The van der Waals surface area contributed by atoms with Crippen molar-refractivity contribution >= 4 is 0 Å². The third-order valence-electron chi connectivity index (χ3n) is 4.15. The summed E-state index contributed by atoms with van der Waals surface area (Å²) in [7, 11) is 0. The van der Waals surface area contributed by atoms with Crippen molar-refractivity contribution < 1.29 is 0 Å². The minimum atomic E-state index is 0.421. The summed E-state index contributed by atoms with van der Waals surface area (Å²) in [6, 6.07) is 0.421. The molecule has 0 radical (unpaired) electrons. The SMILES string of the molecule is CCCC(N)CCN1CCN(CC2CC2)CC1. The Morgan fingerprint density at radius 2 is 1.71 bits per heavy atom. The van der Waals surface area contributed by atoms with E-state index in [1.807, 2.05) is 0 Å². The van der Waals surface area contributed by atoms with Crippen LogP contribution >= 0.6 is 0 Å². The highest BCUT2D eigenvalue weighted by Crippen LogP contribution is 2.29. The van der Waals surface area contributed by atoms with Crippen molar-refractivity contribution in [1.29, 1.82) is 0 Å². The lowest BCUT2D eigenvalue weighted by molar-refractivity contribution is 0.125. The summed E-state index contributed by atoms with van der Waals surface area (Å²) in [4.78, 5) is 5.25. The molecule has 1 aliphatic heterocycles. The van der Waals surface area contributed by atoms with E-state index in [-0.39, 0.29) is 0 Å². The molecule has 1 aliphatic carbocycles. The summed E-state index contributed by atoms with van der Waals surface area (Å²) in [6.07, 6.45) is 6.53. The van der Waals surface area contributed by atoms with E-state index in [2.05, 4.69) is 16.7 Å². The van der Waals surface area contributed by atoms with Crippen LogP contribution in [0.15, 0.2) is 0 Å². The second-order valence-corrected chi connectivity index (χ2v) is 5.92. The van der Waals surface area contributed by atoms with E-state index in [0.717, 1.165) is 5.92 Å². The van der Waals surface area contributed by atoms with Crippen LogP contribution in [0.25, 0.3) is 0 Å².